The van der Waals surface area contributed by atoms with Crippen LogP contribution in [0.25, 0.3) is 0 Å². The largest absolute Gasteiger partial charge is 0.397 e. The van der Waals surface area contributed by atoms with Crippen molar-refractivity contribution in [3.8, 4) is 0 Å². The van der Waals surface area contributed by atoms with Crippen molar-refractivity contribution in [3.63, 3.8) is 0 Å². The molecule has 0 bridgehead atoms. The number of aliphatic hydroxyl groups is 5. The average molecular weight is 1070 g/mol. The molecule has 0 aromatic carbocycles. The van der Waals surface area contributed by atoms with Gasteiger partial charge in [-0.15, -0.1) is 8.67 Å². The number of aliphatic hydroxyl groups excluding tert-OH is 5. The summed E-state index contributed by atoms with van der Waals surface area (Å²) in [5, 5.41) is 80.6. The maximum Gasteiger partial charge on any atom is 0.397 e. The van der Waals surface area contributed by atoms with Gasteiger partial charge in [0, 0.05) is 33.0 Å². The summed E-state index contributed by atoms with van der Waals surface area (Å²) in [4.78, 5) is 0. The fraction of sp³-hybridized carbons (Fsp3) is 1.00. The number of methoxy groups -OCH3 is 1. The Morgan fingerprint density at radius 1 is 0.612 bits per heavy atom. The number of nitrogens with one attached hydrogen (secondary N) is 2. The molecule has 5 heterocycles. The molecule has 19 atom stereocenters. The molecule has 0 spiro atoms. The third-order valence-corrected chi connectivity index (χ3v) is 12.4. The van der Waals surface area contributed by atoms with Crippen molar-refractivity contribution in [1.82, 2.24) is 9.44 Å². The van der Waals surface area contributed by atoms with Crippen molar-refractivity contribution in [2.75, 3.05) is 46.8 Å². The maximum absolute atomic E-state index is 11.7. The summed E-state index contributed by atoms with van der Waals surface area (Å²) < 4.78 is 152. The lowest BCUT2D eigenvalue weighted by Crippen LogP contribution is -2.66. The van der Waals surface area contributed by atoms with Gasteiger partial charge in [0.1, 0.15) is 79.4 Å². The van der Waals surface area contributed by atoms with Gasteiger partial charge in [0.25, 0.3) is 0 Å². The SMILES string of the molecule is CCCO[C@H]1CO[C@@H](O[C@@H]2C(COS(=O)(=O)O)O[C@@H](O[C@H]3CO[C@@H](O[C@@H]4C(COS(=O)(=O)O)O[C@@H](O[C@H]5CO[C@@H](OC)C[C@@H]5O)C(NSOOO)[C@H]4O)C[C@@H]3O)C(NSOOO)[C@H]2O)C[C@@H]1O. The van der Waals surface area contributed by atoms with Crippen LogP contribution < -0.4 is 9.44 Å². The molecular formula is C31H56N2O30S4. The zero-order valence-electron chi connectivity index (χ0n) is 35.3. The van der Waals surface area contributed by atoms with E-state index in [9.17, 15) is 51.5 Å². The molecule has 67 heavy (non-hydrogen) atoms. The summed E-state index contributed by atoms with van der Waals surface area (Å²) in [7, 11) is -8.86. The van der Waals surface area contributed by atoms with Gasteiger partial charge in [0.05, 0.1) is 63.4 Å². The average Bonchev–Trinajstić information content (AvgIpc) is 3.27. The van der Waals surface area contributed by atoms with Crippen molar-refractivity contribution >= 4 is 45.3 Å². The number of rotatable bonds is 26. The predicted octanol–water partition coefficient (Wildman–Crippen LogP) is -4.01. The van der Waals surface area contributed by atoms with Gasteiger partial charge in [-0.05, 0) is 6.42 Å². The molecule has 394 valence electrons. The van der Waals surface area contributed by atoms with Gasteiger partial charge >= 0.3 is 20.8 Å². The first kappa shape index (κ1) is 57.4. The van der Waals surface area contributed by atoms with Crippen LogP contribution in [0.4, 0.5) is 0 Å². The van der Waals surface area contributed by atoms with Crippen LogP contribution in [0, 0.1) is 0 Å². The molecule has 36 heteroatoms. The Labute approximate surface area is 391 Å². The minimum atomic E-state index is -5.12. The lowest BCUT2D eigenvalue weighted by atomic mass is 9.96. The van der Waals surface area contributed by atoms with Crippen LogP contribution in [-0.2, 0) is 100 Å². The Morgan fingerprint density at radius 2 is 1.01 bits per heavy atom. The van der Waals surface area contributed by atoms with Crippen molar-refractivity contribution in [3.05, 3.63) is 0 Å². The fourth-order valence-corrected chi connectivity index (χ4v) is 8.82. The van der Waals surface area contributed by atoms with Crippen molar-refractivity contribution in [2.24, 2.45) is 0 Å². The third-order valence-electron chi connectivity index (χ3n) is 10.6. The fourth-order valence-electron chi connectivity index (χ4n) is 7.34. The van der Waals surface area contributed by atoms with Crippen LogP contribution in [0.15, 0.2) is 0 Å². The van der Waals surface area contributed by atoms with E-state index < -0.39 is 164 Å². The summed E-state index contributed by atoms with van der Waals surface area (Å²) in [5.41, 5.74) is 0. The second-order valence-corrected chi connectivity index (χ2v) is 18.4. The molecule has 4 unspecified atom stereocenters. The first-order chi connectivity index (χ1) is 31.8. The summed E-state index contributed by atoms with van der Waals surface area (Å²) in [5.74, 6) is 0. The standard InChI is InChI=1S/C31H56N2O30S4/c1-3-4-48-16-8-50-22(6-13(16)34)58-28-19(11-52-66(41,42)43)57-31(25(26(28)37)33-65-63-61-40)55-18-10-51-23(7-15(18)36)59-29-20(12-53-67(44,45)46)56-30(24(27(29)38)32-64-62-60-39)54-17-9-49-21(47-2)5-14(17)35/h13-40H,3-12H2,1-2H3,(H,41,42,43)(H,44,45,46)/t13-,14-,15-,16-,17-,18-,19?,20?,21+,22-,23-,24?,25?,26+,27+,28+,29+,30+,31+/m0/s1. The Morgan fingerprint density at radius 3 is 1.39 bits per heavy atom. The van der Waals surface area contributed by atoms with Crippen LogP contribution in [0.1, 0.15) is 32.6 Å². The Balaban J connectivity index is 1.29. The highest BCUT2D eigenvalue weighted by atomic mass is 32.3. The van der Waals surface area contributed by atoms with Crippen LogP contribution in [0.3, 0.4) is 0 Å². The van der Waals surface area contributed by atoms with Crippen LogP contribution in [0.2, 0.25) is 0 Å². The van der Waals surface area contributed by atoms with Crippen LogP contribution in [-0.4, -0.2) is 226 Å². The van der Waals surface area contributed by atoms with E-state index in [2.05, 4.69) is 36.6 Å². The highest BCUT2D eigenvalue weighted by Crippen LogP contribution is 2.34. The number of ether oxygens (including phenoxy) is 11. The Kier molecular flexibility index (Phi) is 23.6. The molecule has 0 aromatic heterocycles. The molecule has 11 N–H and O–H groups in total. The van der Waals surface area contributed by atoms with Gasteiger partial charge in [-0.25, -0.2) is 28.3 Å². The monoisotopic (exact) mass is 1060 g/mol. The van der Waals surface area contributed by atoms with Gasteiger partial charge in [-0.2, -0.15) is 16.8 Å². The predicted molar refractivity (Wildman–Crippen MR) is 211 cm³/mol. The lowest BCUT2D eigenvalue weighted by Gasteiger charge is -2.48. The van der Waals surface area contributed by atoms with Crippen LogP contribution in [0.5, 0.6) is 0 Å². The summed E-state index contributed by atoms with van der Waals surface area (Å²) in [6.45, 7) is -0.686. The van der Waals surface area contributed by atoms with Gasteiger partial charge in [0.2, 0.25) is 0 Å². The first-order valence-electron chi connectivity index (χ1n) is 20.2. The normalized spacial score (nSPS) is 40.2. The lowest BCUT2D eigenvalue weighted by molar-refractivity contribution is -0.432. The molecule has 32 nitrogen and oxygen atoms in total. The molecule has 5 aliphatic heterocycles. The third kappa shape index (κ3) is 17.6. The first-order valence-corrected chi connectivity index (χ1v) is 24.4. The minimum absolute atomic E-state index is 0.0375. The molecule has 0 aliphatic carbocycles. The Bertz CT molecular complexity index is 1670. The highest BCUT2D eigenvalue weighted by molar-refractivity contribution is 7.92. The second kappa shape index (κ2) is 27.5. The zero-order chi connectivity index (χ0) is 48.9. The second-order valence-electron chi connectivity index (χ2n) is 15.1. The summed E-state index contributed by atoms with van der Waals surface area (Å²) in [6.07, 6.45) is -23.8. The zero-order valence-corrected chi connectivity index (χ0v) is 38.5. The molecule has 0 saturated carbocycles. The molecule has 0 aromatic rings. The smallest absolute Gasteiger partial charge is 0.390 e. The molecular weight excluding hydrogens is 1010 g/mol. The Hall–Kier alpha value is -0.520. The van der Waals surface area contributed by atoms with Crippen LogP contribution >= 0.6 is 24.5 Å². The molecule has 5 fully saturated rings. The van der Waals surface area contributed by atoms with Gasteiger partial charge in [-0.3, -0.25) is 9.11 Å². The summed E-state index contributed by atoms with van der Waals surface area (Å²) >= 11 is 0.447. The number of hydrogen-bond donors (Lipinski definition) is 11. The van der Waals surface area contributed by atoms with Gasteiger partial charge in [0.15, 0.2) is 31.5 Å². The van der Waals surface area contributed by atoms with E-state index >= 15 is 0 Å². The van der Waals surface area contributed by atoms with Crippen molar-refractivity contribution < 1.29 is 141 Å². The summed E-state index contributed by atoms with van der Waals surface area (Å²) in [6, 6.07) is -2.90. The van der Waals surface area contributed by atoms with Gasteiger partial charge in [-0.1, -0.05) is 17.0 Å². The molecule has 0 radical (unpaired) electrons. The van der Waals surface area contributed by atoms with E-state index in [0.29, 0.717) is 13.0 Å². The van der Waals surface area contributed by atoms with E-state index in [-0.39, 0.29) is 50.5 Å². The quantitative estimate of drug-likeness (QED) is 0.00982. The topological polar surface area (TPSA) is 431 Å². The van der Waals surface area contributed by atoms with E-state index in [1.807, 2.05) is 6.92 Å². The maximum atomic E-state index is 11.7. The van der Waals surface area contributed by atoms with E-state index in [4.69, 9.17) is 62.6 Å². The molecule has 5 rings (SSSR count). The molecule has 5 saturated heterocycles. The molecule has 0 amide bonds. The van der Waals surface area contributed by atoms with Crippen molar-refractivity contribution in [2.45, 2.75) is 149 Å². The van der Waals surface area contributed by atoms with Crippen molar-refractivity contribution in [1.29, 1.82) is 0 Å². The van der Waals surface area contributed by atoms with Gasteiger partial charge < -0.3 is 77.6 Å². The van der Waals surface area contributed by atoms with E-state index in [0.717, 1.165) is 0 Å². The van der Waals surface area contributed by atoms with E-state index in [1.165, 1.54) is 7.11 Å². The molecule has 5 aliphatic rings. The number of hydrogen-bond acceptors (Lipinski definition) is 32. The van der Waals surface area contributed by atoms with E-state index in [1.54, 1.807) is 0 Å². The minimum Gasteiger partial charge on any atom is -0.390 e. The highest BCUT2D eigenvalue weighted by Gasteiger charge is 2.53.